The lowest BCUT2D eigenvalue weighted by molar-refractivity contribution is -0.139. The molecule has 3 saturated heterocycles. The maximum absolute atomic E-state index is 13.7. The molecule has 7 nitrogen and oxygen atoms in total. The number of nitrogens with one attached hydrogen (secondary N) is 2. The van der Waals surface area contributed by atoms with E-state index in [0.29, 0.717) is 23.6 Å². The summed E-state index contributed by atoms with van der Waals surface area (Å²) in [5.41, 5.74) is 1.35. The average molecular weight is 531 g/mol. The Kier molecular flexibility index (Phi) is 6.33. The van der Waals surface area contributed by atoms with Crippen molar-refractivity contribution in [1.82, 2.24) is 10.2 Å². The van der Waals surface area contributed by atoms with Crippen LogP contribution in [0.5, 0.6) is 0 Å². The standard InChI is InChI=1S/C21H25BrClN3O4S/c1-10-5-3-6-12(23)15(10)25-19(29)17-21-9-11(22)16(31-21)13(18(28)24-2)14(21)20(30)26(17)7-4-8-27/h3,5-6,11,13-14,16-17,27H,4,7-9H2,1-2H3,(H,24,28)(H,25,29)/t11?,13-,14-,16-,17?,21?/m0/s1. The lowest BCUT2D eigenvalue weighted by Gasteiger charge is -2.35. The van der Waals surface area contributed by atoms with Gasteiger partial charge in [-0.15, -0.1) is 11.8 Å². The number of fused-ring (bicyclic) bond motifs is 1. The van der Waals surface area contributed by atoms with Gasteiger partial charge in [-0.2, -0.15) is 0 Å². The van der Waals surface area contributed by atoms with Gasteiger partial charge in [0.1, 0.15) is 6.04 Å². The highest BCUT2D eigenvalue weighted by molar-refractivity contribution is 9.09. The number of aryl methyl sites for hydroxylation is 1. The Balaban J connectivity index is 1.74. The molecule has 168 valence electrons. The van der Waals surface area contributed by atoms with E-state index in [1.165, 1.54) is 0 Å². The number of carbonyl (C=O) groups is 3. The smallest absolute Gasteiger partial charge is 0.248 e. The van der Waals surface area contributed by atoms with E-state index in [4.69, 9.17) is 11.6 Å². The van der Waals surface area contributed by atoms with E-state index in [9.17, 15) is 19.5 Å². The fourth-order valence-electron chi connectivity index (χ4n) is 5.36. The summed E-state index contributed by atoms with van der Waals surface area (Å²) in [6, 6.07) is 4.63. The predicted octanol–water partition coefficient (Wildman–Crippen LogP) is 2.18. The van der Waals surface area contributed by atoms with Gasteiger partial charge in [-0.1, -0.05) is 39.7 Å². The maximum Gasteiger partial charge on any atom is 0.248 e. The molecule has 1 aromatic carbocycles. The molecule has 3 fully saturated rings. The lowest BCUT2D eigenvalue weighted by Crippen LogP contribution is -2.53. The average Bonchev–Trinajstić information content (AvgIpc) is 3.32. The van der Waals surface area contributed by atoms with Crippen LogP contribution < -0.4 is 10.6 Å². The summed E-state index contributed by atoms with van der Waals surface area (Å²) < 4.78 is -0.707. The van der Waals surface area contributed by atoms with Gasteiger partial charge < -0.3 is 20.6 Å². The number of hydrogen-bond donors (Lipinski definition) is 3. The molecule has 1 spiro atoms. The molecule has 0 radical (unpaired) electrons. The van der Waals surface area contributed by atoms with Crippen LogP contribution in [0, 0.1) is 18.8 Å². The number of thioether (sulfide) groups is 1. The van der Waals surface area contributed by atoms with Crippen LogP contribution in [0.3, 0.4) is 0 Å². The van der Waals surface area contributed by atoms with Crippen molar-refractivity contribution in [3.63, 3.8) is 0 Å². The van der Waals surface area contributed by atoms with Crippen LogP contribution in [0.1, 0.15) is 18.4 Å². The number of benzene rings is 1. The zero-order chi connectivity index (χ0) is 22.5. The van der Waals surface area contributed by atoms with Crippen LogP contribution in [-0.2, 0) is 14.4 Å². The number of para-hydroxylation sites is 1. The second-order valence-corrected chi connectivity index (χ2v) is 11.4. The number of rotatable bonds is 6. The van der Waals surface area contributed by atoms with Crippen molar-refractivity contribution < 1.29 is 19.5 Å². The van der Waals surface area contributed by atoms with Crippen LogP contribution in [0.15, 0.2) is 18.2 Å². The molecular weight excluding hydrogens is 506 g/mol. The summed E-state index contributed by atoms with van der Waals surface area (Å²) in [6.07, 6.45) is 0.974. The van der Waals surface area contributed by atoms with Gasteiger partial charge in [-0.3, -0.25) is 14.4 Å². The first-order valence-electron chi connectivity index (χ1n) is 10.3. The predicted molar refractivity (Wildman–Crippen MR) is 125 cm³/mol. The van der Waals surface area contributed by atoms with Gasteiger partial charge in [0.05, 0.1) is 27.3 Å². The number of anilines is 1. The zero-order valence-corrected chi connectivity index (χ0v) is 20.4. The largest absolute Gasteiger partial charge is 0.396 e. The van der Waals surface area contributed by atoms with E-state index in [1.807, 2.05) is 19.1 Å². The van der Waals surface area contributed by atoms with E-state index in [0.717, 1.165) is 5.56 Å². The van der Waals surface area contributed by atoms with Gasteiger partial charge in [0.25, 0.3) is 0 Å². The van der Waals surface area contributed by atoms with E-state index in [-0.39, 0.29) is 41.0 Å². The van der Waals surface area contributed by atoms with Crippen LogP contribution in [-0.4, -0.2) is 68.8 Å². The minimum atomic E-state index is -0.753. The van der Waals surface area contributed by atoms with Gasteiger partial charge >= 0.3 is 0 Å². The van der Waals surface area contributed by atoms with Crippen LogP contribution in [0.25, 0.3) is 0 Å². The molecule has 2 bridgehead atoms. The highest BCUT2D eigenvalue weighted by Crippen LogP contribution is 2.67. The Hall–Kier alpha value is -1.29. The molecular formula is C21H25BrClN3O4S. The molecule has 3 N–H and O–H groups in total. The Morgan fingerprint density at radius 1 is 1.39 bits per heavy atom. The Bertz CT molecular complexity index is 914. The minimum Gasteiger partial charge on any atom is -0.396 e. The van der Waals surface area contributed by atoms with Crippen molar-refractivity contribution in [2.45, 2.75) is 40.6 Å². The van der Waals surface area contributed by atoms with E-state index in [2.05, 4.69) is 26.6 Å². The monoisotopic (exact) mass is 529 g/mol. The highest BCUT2D eigenvalue weighted by atomic mass is 79.9. The molecule has 3 aliphatic rings. The van der Waals surface area contributed by atoms with Gasteiger partial charge in [0, 0.05) is 30.3 Å². The first-order chi connectivity index (χ1) is 14.8. The van der Waals surface area contributed by atoms with E-state index in [1.54, 1.807) is 29.8 Å². The normalized spacial score (nSPS) is 33.5. The number of alkyl halides is 1. The molecule has 1 aromatic rings. The zero-order valence-electron chi connectivity index (χ0n) is 17.2. The number of likely N-dealkylation sites (tertiary alicyclic amines) is 1. The topological polar surface area (TPSA) is 98.7 Å². The fraction of sp³-hybridized carbons (Fsp3) is 0.571. The molecule has 0 aromatic heterocycles. The third-order valence-corrected chi connectivity index (χ3v) is 10.1. The lowest BCUT2D eigenvalue weighted by atomic mass is 9.70. The quantitative estimate of drug-likeness (QED) is 0.490. The number of carbonyl (C=O) groups excluding carboxylic acids is 3. The van der Waals surface area contributed by atoms with Crippen molar-refractivity contribution in [1.29, 1.82) is 0 Å². The summed E-state index contributed by atoms with van der Waals surface area (Å²) in [5, 5.41) is 15.4. The molecule has 31 heavy (non-hydrogen) atoms. The number of amides is 3. The van der Waals surface area contributed by atoms with Gasteiger partial charge in [0.2, 0.25) is 17.7 Å². The first-order valence-corrected chi connectivity index (χ1v) is 12.4. The van der Waals surface area contributed by atoms with Crippen LogP contribution >= 0.6 is 39.3 Å². The minimum absolute atomic E-state index is 0.0268. The van der Waals surface area contributed by atoms with Crippen molar-refractivity contribution in [3.8, 4) is 0 Å². The summed E-state index contributed by atoms with van der Waals surface area (Å²) in [6.45, 7) is 2.03. The SMILES string of the molecule is CNC(=O)[C@H]1[C@H]2C(=O)N(CCCO)C(C(=O)Nc3c(C)cccc3Cl)C23CC(Br)[C@@H]1S3. The third-order valence-electron chi connectivity index (χ3n) is 6.61. The van der Waals surface area contributed by atoms with Crippen molar-refractivity contribution in [2.75, 3.05) is 25.5 Å². The van der Waals surface area contributed by atoms with Gasteiger partial charge in [0.15, 0.2) is 0 Å². The number of halogens is 2. The molecule has 3 amide bonds. The van der Waals surface area contributed by atoms with Crippen LogP contribution in [0.4, 0.5) is 5.69 Å². The molecule has 0 aliphatic carbocycles. The number of hydrogen-bond acceptors (Lipinski definition) is 5. The Labute approximate surface area is 198 Å². The van der Waals surface area contributed by atoms with Crippen molar-refractivity contribution in [3.05, 3.63) is 28.8 Å². The summed E-state index contributed by atoms with van der Waals surface area (Å²) in [4.78, 5) is 41.5. The Morgan fingerprint density at radius 3 is 2.77 bits per heavy atom. The molecule has 3 heterocycles. The summed E-state index contributed by atoms with van der Waals surface area (Å²) in [5.74, 6) is -1.75. The second-order valence-electron chi connectivity index (χ2n) is 8.31. The van der Waals surface area contributed by atoms with Crippen molar-refractivity contribution >= 4 is 62.7 Å². The Morgan fingerprint density at radius 2 is 2.13 bits per heavy atom. The summed E-state index contributed by atoms with van der Waals surface area (Å²) >= 11 is 11.6. The number of nitrogens with zero attached hydrogens (tertiary/aromatic N) is 1. The molecule has 3 aliphatic heterocycles. The van der Waals surface area contributed by atoms with E-state index >= 15 is 0 Å². The molecule has 10 heteroatoms. The second kappa shape index (κ2) is 8.57. The third kappa shape index (κ3) is 3.48. The maximum atomic E-state index is 13.7. The molecule has 6 atom stereocenters. The number of aliphatic hydroxyl groups excluding tert-OH is 1. The van der Waals surface area contributed by atoms with Crippen LogP contribution in [0.2, 0.25) is 5.02 Å². The van der Waals surface area contributed by atoms with Gasteiger partial charge in [-0.25, -0.2) is 0 Å². The number of aliphatic hydroxyl groups is 1. The highest BCUT2D eigenvalue weighted by Gasteiger charge is 2.75. The summed E-state index contributed by atoms with van der Waals surface area (Å²) in [7, 11) is 1.57. The molecule has 3 unspecified atom stereocenters. The fourth-order valence-corrected chi connectivity index (χ4v) is 9.24. The van der Waals surface area contributed by atoms with E-state index < -0.39 is 22.6 Å². The van der Waals surface area contributed by atoms with Crippen molar-refractivity contribution in [2.24, 2.45) is 11.8 Å². The first kappa shape index (κ1) is 22.9. The molecule has 0 saturated carbocycles. The molecule has 4 rings (SSSR count). The van der Waals surface area contributed by atoms with Gasteiger partial charge in [-0.05, 0) is 31.4 Å².